The molecular formula is C9H9ClO2. The number of halogens is 1. The molecule has 0 aliphatic heterocycles. The lowest BCUT2D eigenvalue weighted by Crippen LogP contribution is -1.78. The van der Waals surface area contributed by atoms with Crippen molar-refractivity contribution in [1.82, 2.24) is 0 Å². The first-order valence-electron chi connectivity index (χ1n) is 3.50. The first-order chi connectivity index (χ1) is 5.75. The van der Waals surface area contributed by atoms with E-state index in [1.165, 1.54) is 6.08 Å². The normalized spacial score (nSPS) is 10.8. The molecule has 2 nitrogen and oxygen atoms in total. The number of aromatic hydroxyl groups is 1. The Labute approximate surface area is 75.7 Å². The second-order valence-electron chi connectivity index (χ2n) is 2.26. The highest BCUT2D eigenvalue weighted by atomic mass is 35.5. The molecule has 12 heavy (non-hydrogen) atoms. The van der Waals surface area contributed by atoms with Gasteiger partial charge in [0, 0.05) is 5.56 Å². The predicted molar refractivity (Wildman–Crippen MR) is 49.2 cm³/mol. The van der Waals surface area contributed by atoms with E-state index < -0.39 is 0 Å². The lowest BCUT2D eigenvalue weighted by atomic mass is 10.2. The second-order valence-corrected chi connectivity index (χ2v) is 2.66. The molecule has 1 rings (SSSR count). The van der Waals surface area contributed by atoms with Crippen LogP contribution in [0.1, 0.15) is 5.56 Å². The van der Waals surface area contributed by atoms with Crippen LogP contribution in [-0.2, 0) is 0 Å². The second kappa shape index (κ2) is 4.14. The molecule has 0 unspecified atom stereocenters. The summed E-state index contributed by atoms with van der Waals surface area (Å²) < 4.78 is 0. The van der Waals surface area contributed by atoms with Crippen molar-refractivity contribution in [3.8, 4) is 5.75 Å². The van der Waals surface area contributed by atoms with E-state index in [4.69, 9.17) is 16.7 Å². The van der Waals surface area contributed by atoms with Gasteiger partial charge in [-0.25, -0.2) is 0 Å². The molecule has 0 aromatic heterocycles. The van der Waals surface area contributed by atoms with Crippen molar-refractivity contribution < 1.29 is 10.2 Å². The number of benzene rings is 1. The molecule has 0 atom stereocenters. The fourth-order valence-corrected chi connectivity index (χ4v) is 1.09. The average molecular weight is 185 g/mol. The quantitative estimate of drug-likeness (QED) is 0.739. The van der Waals surface area contributed by atoms with Crippen molar-refractivity contribution in [2.24, 2.45) is 0 Å². The summed E-state index contributed by atoms with van der Waals surface area (Å²) in [5.74, 6) is 0.118. The van der Waals surface area contributed by atoms with Crippen LogP contribution < -0.4 is 0 Å². The standard InChI is InChI=1S/C9H9ClO2/c10-8-4-1-5-9(12)7(8)3-2-6-11/h1-5,11-12H,6H2/b3-2+. The Balaban J connectivity index is 3.04. The van der Waals surface area contributed by atoms with Gasteiger partial charge in [-0.05, 0) is 12.1 Å². The molecule has 0 radical (unpaired) electrons. The fourth-order valence-electron chi connectivity index (χ4n) is 0.861. The molecule has 0 aliphatic rings. The van der Waals surface area contributed by atoms with Crippen LogP contribution in [-0.4, -0.2) is 16.8 Å². The minimum absolute atomic E-state index is 0.0648. The van der Waals surface area contributed by atoms with E-state index in [9.17, 15) is 5.11 Å². The highest BCUT2D eigenvalue weighted by molar-refractivity contribution is 6.32. The van der Waals surface area contributed by atoms with E-state index in [1.807, 2.05) is 0 Å². The molecule has 0 heterocycles. The Bertz CT molecular complexity index is 274. The Morgan fingerprint density at radius 3 is 2.75 bits per heavy atom. The molecule has 0 amide bonds. The van der Waals surface area contributed by atoms with Crippen LogP contribution >= 0.6 is 11.6 Å². The summed E-state index contributed by atoms with van der Waals surface area (Å²) in [6.45, 7) is -0.0648. The lowest BCUT2D eigenvalue weighted by Gasteiger charge is -2.00. The van der Waals surface area contributed by atoms with E-state index >= 15 is 0 Å². The van der Waals surface area contributed by atoms with Crippen LogP contribution in [0, 0.1) is 0 Å². The highest BCUT2D eigenvalue weighted by Crippen LogP contribution is 2.26. The van der Waals surface area contributed by atoms with Gasteiger partial charge in [0.2, 0.25) is 0 Å². The first-order valence-corrected chi connectivity index (χ1v) is 3.88. The van der Waals surface area contributed by atoms with Crippen LogP contribution in [0.2, 0.25) is 5.02 Å². The summed E-state index contributed by atoms with van der Waals surface area (Å²) in [5, 5.41) is 18.3. The number of aliphatic hydroxyl groups is 1. The Morgan fingerprint density at radius 2 is 2.17 bits per heavy atom. The van der Waals surface area contributed by atoms with Crippen LogP contribution in [0.15, 0.2) is 24.3 Å². The average Bonchev–Trinajstić information content (AvgIpc) is 2.04. The van der Waals surface area contributed by atoms with Gasteiger partial charge in [-0.15, -0.1) is 0 Å². The molecule has 64 valence electrons. The van der Waals surface area contributed by atoms with E-state index in [-0.39, 0.29) is 12.4 Å². The minimum Gasteiger partial charge on any atom is -0.507 e. The first kappa shape index (κ1) is 9.10. The monoisotopic (exact) mass is 184 g/mol. The molecule has 0 aliphatic carbocycles. The van der Waals surface area contributed by atoms with Crippen molar-refractivity contribution in [2.75, 3.05) is 6.61 Å². The molecule has 3 heteroatoms. The van der Waals surface area contributed by atoms with E-state index in [1.54, 1.807) is 24.3 Å². The van der Waals surface area contributed by atoms with Gasteiger partial charge in [-0.2, -0.15) is 0 Å². The number of hydrogen-bond donors (Lipinski definition) is 2. The summed E-state index contributed by atoms with van der Waals surface area (Å²) in [7, 11) is 0. The summed E-state index contributed by atoms with van der Waals surface area (Å²) in [4.78, 5) is 0. The molecule has 2 N–H and O–H groups in total. The van der Waals surface area contributed by atoms with Crippen LogP contribution in [0.4, 0.5) is 0 Å². The summed E-state index contributed by atoms with van der Waals surface area (Å²) >= 11 is 5.77. The molecule has 0 bridgehead atoms. The number of aliphatic hydroxyl groups excluding tert-OH is 1. The third-order valence-electron chi connectivity index (χ3n) is 1.42. The van der Waals surface area contributed by atoms with Crippen LogP contribution in [0.5, 0.6) is 5.75 Å². The van der Waals surface area contributed by atoms with Gasteiger partial charge in [0.05, 0.1) is 11.6 Å². The zero-order valence-electron chi connectivity index (χ0n) is 6.37. The third-order valence-corrected chi connectivity index (χ3v) is 1.75. The third kappa shape index (κ3) is 2.00. The molecule has 1 aromatic carbocycles. The van der Waals surface area contributed by atoms with Crippen molar-refractivity contribution in [1.29, 1.82) is 0 Å². The minimum atomic E-state index is -0.0648. The number of phenolic OH excluding ortho intramolecular Hbond substituents is 1. The van der Waals surface area contributed by atoms with E-state index in [0.29, 0.717) is 10.6 Å². The SMILES string of the molecule is OC/C=C/c1c(O)cccc1Cl. The van der Waals surface area contributed by atoms with Gasteiger partial charge in [-0.1, -0.05) is 29.8 Å². The summed E-state index contributed by atoms with van der Waals surface area (Å²) in [6, 6.07) is 4.88. The number of hydrogen-bond acceptors (Lipinski definition) is 2. The highest BCUT2D eigenvalue weighted by Gasteiger charge is 2.00. The number of phenols is 1. The lowest BCUT2D eigenvalue weighted by molar-refractivity contribution is 0.343. The smallest absolute Gasteiger partial charge is 0.124 e. The van der Waals surface area contributed by atoms with E-state index in [2.05, 4.69) is 0 Å². The van der Waals surface area contributed by atoms with Crippen molar-refractivity contribution in [3.63, 3.8) is 0 Å². The maximum Gasteiger partial charge on any atom is 0.124 e. The topological polar surface area (TPSA) is 40.5 Å². The molecule has 0 saturated heterocycles. The molecule has 1 aromatic rings. The molecule has 0 spiro atoms. The van der Waals surface area contributed by atoms with Crippen LogP contribution in [0.3, 0.4) is 0 Å². The Morgan fingerprint density at radius 1 is 1.42 bits per heavy atom. The predicted octanol–water partition coefficient (Wildman–Crippen LogP) is 2.05. The van der Waals surface area contributed by atoms with E-state index in [0.717, 1.165) is 0 Å². The maximum absolute atomic E-state index is 9.30. The van der Waals surface area contributed by atoms with Crippen LogP contribution in [0.25, 0.3) is 6.08 Å². The number of rotatable bonds is 2. The van der Waals surface area contributed by atoms with Gasteiger partial charge >= 0.3 is 0 Å². The largest absolute Gasteiger partial charge is 0.507 e. The Kier molecular flexibility index (Phi) is 3.14. The summed E-state index contributed by atoms with van der Waals surface area (Å²) in [6.07, 6.45) is 3.10. The van der Waals surface area contributed by atoms with Gasteiger partial charge < -0.3 is 10.2 Å². The Hall–Kier alpha value is -0.990. The van der Waals surface area contributed by atoms with Gasteiger partial charge in [-0.3, -0.25) is 0 Å². The maximum atomic E-state index is 9.30. The van der Waals surface area contributed by atoms with Crippen molar-refractivity contribution in [3.05, 3.63) is 34.9 Å². The zero-order valence-corrected chi connectivity index (χ0v) is 7.12. The van der Waals surface area contributed by atoms with Gasteiger partial charge in [0.25, 0.3) is 0 Å². The molecular weight excluding hydrogens is 176 g/mol. The van der Waals surface area contributed by atoms with Gasteiger partial charge in [0.15, 0.2) is 0 Å². The fraction of sp³-hybridized carbons (Fsp3) is 0.111. The van der Waals surface area contributed by atoms with Crippen molar-refractivity contribution >= 4 is 17.7 Å². The van der Waals surface area contributed by atoms with Crippen molar-refractivity contribution in [2.45, 2.75) is 0 Å². The summed E-state index contributed by atoms with van der Waals surface area (Å²) in [5.41, 5.74) is 0.535. The molecule has 0 saturated carbocycles. The van der Waals surface area contributed by atoms with Gasteiger partial charge in [0.1, 0.15) is 5.75 Å². The zero-order chi connectivity index (χ0) is 8.97. The molecule has 0 fully saturated rings.